The first-order chi connectivity index (χ1) is 12.6. The molecule has 1 atom stereocenters. The lowest BCUT2D eigenvalue weighted by atomic mass is 9.64. The number of benzene rings is 1. The number of nitrogens with zero attached hydrogens (tertiary/aromatic N) is 2. The van der Waals surface area contributed by atoms with Crippen LogP contribution in [0.3, 0.4) is 0 Å². The number of carbonyl (C=O) groups is 1. The van der Waals surface area contributed by atoms with Crippen molar-refractivity contribution in [1.82, 2.24) is 15.5 Å². The normalized spacial score (nSPS) is 21.2. The number of aliphatic imine (C=N–C) groups is 1. The number of carbonyl (C=O) groups excluding carboxylic acids is 1. The number of likely N-dealkylation sites (tertiary alicyclic amines) is 1. The highest BCUT2D eigenvalue weighted by molar-refractivity contribution is 14.0. The second kappa shape index (κ2) is 9.71. The van der Waals surface area contributed by atoms with Crippen LogP contribution in [0.5, 0.6) is 0 Å². The molecule has 0 spiro atoms. The van der Waals surface area contributed by atoms with Crippen LogP contribution in [0.15, 0.2) is 29.3 Å². The van der Waals surface area contributed by atoms with Gasteiger partial charge in [0, 0.05) is 44.6 Å². The molecule has 0 bridgehead atoms. The lowest BCUT2D eigenvalue weighted by Crippen LogP contribution is -2.51. The molecule has 2 N–H and O–H groups in total. The zero-order valence-corrected chi connectivity index (χ0v) is 18.5. The zero-order valence-electron chi connectivity index (χ0n) is 16.1. The van der Waals surface area contributed by atoms with Crippen molar-refractivity contribution >= 4 is 35.8 Å². The van der Waals surface area contributed by atoms with E-state index in [0.29, 0.717) is 6.42 Å². The van der Waals surface area contributed by atoms with E-state index in [9.17, 15) is 9.18 Å². The second-order valence-electron chi connectivity index (χ2n) is 7.39. The van der Waals surface area contributed by atoms with Gasteiger partial charge in [-0.25, -0.2) is 4.39 Å². The number of amides is 1. The van der Waals surface area contributed by atoms with Crippen molar-refractivity contribution in [3.05, 3.63) is 35.6 Å². The molecule has 3 rings (SSSR count). The number of guanidine groups is 1. The number of nitrogens with one attached hydrogen (secondary N) is 2. The number of hydrogen-bond donors (Lipinski definition) is 2. The summed E-state index contributed by atoms with van der Waals surface area (Å²) in [4.78, 5) is 18.1. The van der Waals surface area contributed by atoms with Gasteiger partial charge in [-0.3, -0.25) is 9.79 Å². The Bertz CT molecular complexity index is 660. The Labute approximate surface area is 178 Å². The smallest absolute Gasteiger partial charge is 0.222 e. The minimum Gasteiger partial charge on any atom is -0.356 e. The van der Waals surface area contributed by atoms with Crippen molar-refractivity contribution in [3.8, 4) is 0 Å². The summed E-state index contributed by atoms with van der Waals surface area (Å²) < 4.78 is 13.2. The van der Waals surface area contributed by atoms with Crippen molar-refractivity contribution in [3.63, 3.8) is 0 Å². The standard InChI is InChI=1S/C20H29FN4O.HI/c1-3-18(26)25-12-9-17(13-25)24-19(22-2)23-14-20(10-4-11-20)15-5-7-16(21)8-6-15;/h5-8,17H,3-4,9-14H2,1-2H3,(H2,22,23,24);1H. The van der Waals surface area contributed by atoms with Crippen LogP contribution >= 0.6 is 24.0 Å². The van der Waals surface area contributed by atoms with Crippen LogP contribution in [0.25, 0.3) is 0 Å². The van der Waals surface area contributed by atoms with Crippen molar-refractivity contribution < 1.29 is 9.18 Å². The molecule has 1 saturated heterocycles. The third-order valence-corrected chi connectivity index (χ3v) is 5.77. The average Bonchev–Trinajstić information content (AvgIpc) is 3.09. The Morgan fingerprint density at radius 2 is 2.04 bits per heavy atom. The summed E-state index contributed by atoms with van der Waals surface area (Å²) in [6, 6.07) is 7.12. The van der Waals surface area contributed by atoms with E-state index in [-0.39, 0.29) is 47.2 Å². The molecule has 1 aromatic rings. The fraction of sp³-hybridized carbons (Fsp3) is 0.600. The van der Waals surface area contributed by atoms with Gasteiger partial charge in [0.2, 0.25) is 5.91 Å². The molecule has 27 heavy (non-hydrogen) atoms. The molecule has 2 fully saturated rings. The van der Waals surface area contributed by atoms with Crippen LogP contribution in [-0.4, -0.2) is 49.5 Å². The van der Waals surface area contributed by atoms with Crippen LogP contribution in [0.1, 0.15) is 44.6 Å². The molecule has 1 heterocycles. The van der Waals surface area contributed by atoms with E-state index in [2.05, 4.69) is 15.6 Å². The predicted molar refractivity (Wildman–Crippen MR) is 117 cm³/mol. The maximum absolute atomic E-state index is 13.2. The molecule has 1 aromatic carbocycles. The first-order valence-corrected chi connectivity index (χ1v) is 9.57. The Morgan fingerprint density at radius 1 is 1.33 bits per heavy atom. The fourth-order valence-corrected chi connectivity index (χ4v) is 3.94. The van der Waals surface area contributed by atoms with E-state index < -0.39 is 0 Å². The highest BCUT2D eigenvalue weighted by Gasteiger charge is 2.38. The molecular formula is C20H30FIN4O. The summed E-state index contributed by atoms with van der Waals surface area (Å²) in [6.07, 6.45) is 4.90. The van der Waals surface area contributed by atoms with Gasteiger partial charge in [0.05, 0.1) is 0 Å². The summed E-state index contributed by atoms with van der Waals surface area (Å²) in [7, 11) is 1.77. The fourth-order valence-electron chi connectivity index (χ4n) is 3.94. The van der Waals surface area contributed by atoms with Gasteiger partial charge in [-0.05, 0) is 37.0 Å². The molecule has 1 amide bonds. The maximum atomic E-state index is 13.2. The van der Waals surface area contributed by atoms with E-state index in [1.807, 2.05) is 24.0 Å². The van der Waals surface area contributed by atoms with Gasteiger partial charge in [-0.1, -0.05) is 25.5 Å². The van der Waals surface area contributed by atoms with Gasteiger partial charge in [-0.2, -0.15) is 0 Å². The van der Waals surface area contributed by atoms with Crippen LogP contribution in [-0.2, 0) is 10.2 Å². The summed E-state index contributed by atoms with van der Waals surface area (Å²) in [6.45, 7) is 4.22. The van der Waals surface area contributed by atoms with Crippen molar-refractivity contribution in [2.75, 3.05) is 26.7 Å². The second-order valence-corrected chi connectivity index (χ2v) is 7.39. The topological polar surface area (TPSA) is 56.7 Å². The molecule has 1 saturated carbocycles. The molecule has 1 aliphatic carbocycles. The molecule has 0 radical (unpaired) electrons. The highest BCUT2D eigenvalue weighted by Crippen LogP contribution is 2.43. The largest absolute Gasteiger partial charge is 0.356 e. The molecular weight excluding hydrogens is 458 g/mol. The zero-order chi connectivity index (χ0) is 18.6. The first kappa shape index (κ1) is 21.9. The van der Waals surface area contributed by atoms with Gasteiger partial charge in [0.1, 0.15) is 5.82 Å². The lowest BCUT2D eigenvalue weighted by molar-refractivity contribution is -0.129. The first-order valence-electron chi connectivity index (χ1n) is 9.57. The average molecular weight is 488 g/mol. The number of hydrogen-bond acceptors (Lipinski definition) is 2. The van der Waals surface area contributed by atoms with E-state index >= 15 is 0 Å². The van der Waals surface area contributed by atoms with Gasteiger partial charge >= 0.3 is 0 Å². The summed E-state index contributed by atoms with van der Waals surface area (Å²) >= 11 is 0. The quantitative estimate of drug-likeness (QED) is 0.381. The molecule has 150 valence electrons. The van der Waals surface area contributed by atoms with Gasteiger partial charge < -0.3 is 15.5 Å². The van der Waals surface area contributed by atoms with Gasteiger partial charge in [0.25, 0.3) is 0 Å². The Balaban J connectivity index is 0.00000261. The third kappa shape index (κ3) is 5.12. The van der Waals surface area contributed by atoms with E-state index in [1.165, 1.54) is 12.0 Å². The van der Waals surface area contributed by atoms with E-state index in [4.69, 9.17) is 0 Å². The minimum atomic E-state index is -0.193. The monoisotopic (exact) mass is 488 g/mol. The third-order valence-electron chi connectivity index (χ3n) is 5.77. The summed E-state index contributed by atoms with van der Waals surface area (Å²) in [5.74, 6) is 0.789. The van der Waals surface area contributed by atoms with Crippen molar-refractivity contribution in [1.29, 1.82) is 0 Å². The number of halogens is 2. The SMILES string of the molecule is CCC(=O)N1CCC(NC(=NC)NCC2(c3ccc(F)cc3)CCC2)C1.I. The summed E-state index contributed by atoms with van der Waals surface area (Å²) in [5.41, 5.74) is 1.25. The molecule has 0 aromatic heterocycles. The number of rotatable bonds is 5. The van der Waals surface area contributed by atoms with Gasteiger partial charge in [-0.15, -0.1) is 24.0 Å². The maximum Gasteiger partial charge on any atom is 0.222 e. The Hall–Kier alpha value is -1.38. The van der Waals surface area contributed by atoms with Crippen LogP contribution < -0.4 is 10.6 Å². The Morgan fingerprint density at radius 3 is 2.59 bits per heavy atom. The lowest BCUT2D eigenvalue weighted by Gasteiger charge is -2.43. The van der Waals surface area contributed by atoms with E-state index in [1.54, 1.807) is 19.2 Å². The van der Waals surface area contributed by atoms with Gasteiger partial charge in [0.15, 0.2) is 5.96 Å². The molecule has 1 aliphatic heterocycles. The van der Waals surface area contributed by atoms with Crippen LogP contribution in [0.2, 0.25) is 0 Å². The molecule has 5 nitrogen and oxygen atoms in total. The molecule has 2 aliphatic rings. The molecule has 7 heteroatoms. The van der Waals surface area contributed by atoms with Crippen LogP contribution in [0, 0.1) is 5.82 Å². The summed E-state index contributed by atoms with van der Waals surface area (Å²) in [5, 5.41) is 6.89. The van der Waals surface area contributed by atoms with Crippen molar-refractivity contribution in [2.45, 2.75) is 50.5 Å². The molecule has 1 unspecified atom stereocenters. The predicted octanol–water partition coefficient (Wildman–Crippen LogP) is 3.04. The highest BCUT2D eigenvalue weighted by atomic mass is 127. The Kier molecular flexibility index (Phi) is 7.88. The van der Waals surface area contributed by atoms with Crippen LogP contribution in [0.4, 0.5) is 4.39 Å². The minimum absolute atomic E-state index is 0. The van der Waals surface area contributed by atoms with E-state index in [0.717, 1.165) is 44.9 Å². The van der Waals surface area contributed by atoms with Crippen molar-refractivity contribution in [2.24, 2.45) is 4.99 Å².